The average molecular weight is 311 g/mol. The van der Waals surface area contributed by atoms with Crippen LogP contribution in [-0.2, 0) is 11.2 Å². The predicted octanol–water partition coefficient (Wildman–Crippen LogP) is 2.77. The number of carbonyl (C=O) groups is 1. The lowest BCUT2D eigenvalue weighted by Gasteiger charge is -2.22. The lowest BCUT2D eigenvalue weighted by atomic mass is 10.1. The number of para-hydroxylation sites is 1. The Morgan fingerprint density at radius 3 is 2.96 bits per heavy atom. The Morgan fingerprint density at radius 1 is 1.22 bits per heavy atom. The van der Waals surface area contributed by atoms with Crippen LogP contribution >= 0.6 is 0 Å². The van der Waals surface area contributed by atoms with E-state index in [2.05, 4.69) is 13.0 Å². The molecule has 0 bridgehead atoms. The first-order valence-corrected chi connectivity index (χ1v) is 7.65. The molecule has 0 spiro atoms. The summed E-state index contributed by atoms with van der Waals surface area (Å²) in [7, 11) is 0. The molecule has 2 aliphatic rings. The van der Waals surface area contributed by atoms with Gasteiger partial charge in [-0.2, -0.15) is 0 Å². The van der Waals surface area contributed by atoms with E-state index in [0.717, 1.165) is 12.1 Å². The summed E-state index contributed by atoms with van der Waals surface area (Å²) in [6.45, 7) is 2.27. The molecule has 5 heteroatoms. The van der Waals surface area contributed by atoms with E-state index < -0.39 is 0 Å². The fourth-order valence-corrected chi connectivity index (χ4v) is 3.13. The van der Waals surface area contributed by atoms with Crippen molar-refractivity contribution in [3.63, 3.8) is 0 Å². The van der Waals surface area contributed by atoms with Gasteiger partial charge in [0, 0.05) is 17.8 Å². The second kappa shape index (κ2) is 5.50. The van der Waals surface area contributed by atoms with E-state index in [1.807, 2.05) is 23.1 Å². The number of nitrogens with zero attached hydrogens (tertiary/aromatic N) is 1. The van der Waals surface area contributed by atoms with Crippen LogP contribution in [0.4, 0.5) is 5.69 Å². The van der Waals surface area contributed by atoms with Gasteiger partial charge in [-0.05, 0) is 37.1 Å². The van der Waals surface area contributed by atoms with Gasteiger partial charge in [-0.15, -0.1) is 0 Å². The van der Waals surface area contributed by atoms with Gasteiger partial charge in [-0.1, -0.05) is 18.2 Å². The van der Waals surface area contributed by atoms with Gasteiger partial charge < -0.3 is 19.1 Å². The summed E-state index contributed by atoms with van der Waals surface area (Å²) in [6, 6.07) is 13.5. The number of hydrogen-bond donors (Lipinski definition) is 0. The summed E-state index contributed by atoms with van der Waals surface area (Å²) < 4.78 is 16.2. The number of ether oxygens (including phenoxy) is 3. The first-order valence-electron chi connectivity index (χ1n) is 7.65. The second-order valence-corrected chi connectivity index (χ2v) is 5.75. The van der Waals surface area contributed by atoms with Crippen molar-refractivity contribution >= 4 is 11.6 Å². The minimum absolute atomic E-state index is 0.00167. The number of anilines is 1. The van der Waals surface area contributed by atoms with Gasteiger partial charge in [0.1, 0.15) is 5.75 Å². The zero-order chi connectivity index (χ0) is 15.8. The van der Waals surface area contributed by atoms with Crippen molar-refractivity contribution in [2.45, 2.75) is 19.4 Å². The van der Waals surface area contributed by atoms with Crippen LogP contribution in [0.5, 0.6) is 17.2 Å². The molecule has 4 rings (SSSR count). The fraction of sp³-hybridized carbons (Fsp3) is 0.278. The van der Waals surface area contributed by atoms with E-state index >= 15 is 0 Å². The highest BCUT2D eigenvalue weighted by atomic mass is 16.7. The standard InChI is InChI=1S/C18H17NO4/c1-12-8-13-4-2-3-5-15(13)19(12)18(20)10-21-14-6-7-16-17(9-14)23-11-22-16/h2-7,9,12H,8,10-11H2,1H3/t12-/m1/s1. The summed E-state index contributed by atoms with van der Waals surface area (Å²) in [4.78, 5) is 14.4. The molecule has 0 unspecified atom stereocenters. The molecule has 23 heavy (non-hydrogen) atoms. The first kappa shape index (κ1) is 13.9. The van der Waals surface area contributed by atoms with Gasteiger partial charge in [0.25, 0.3) is 5.91 Å². The topological polar surface area (TPSA) is 48.0 Å². The van der Waals surface area contributed by atoms with E-state index in [9.17, 15) is 4.79 Å². The van der Waals surface area contributed by atoms with Crippen molar-refractivity contribution in [2.75, 3.05) is 18.3 Å². The van der Waals surface area contributed by atoms with Crippen LogP contribution in [0.2, 0.25) is 0 Å². The Bertz CT molecular complexity index is 758. The van der Waals surface area contributed by atoms with Gasteiger partial charge in [0.2, 0.25) is 6.79 Å². The molecule has 0 N–H and O–H groups in total. The van der Waals surface area contributed by atoms with Crippen molar-refractivity contribution in [3.8, 4) is 17.2 Å². The van der Waals surface area contributed by atoms with Crippen molar-refractivity contribution in [1.29, 1.82) is 0 Å². The van der Waals surface area contributed by atoms with Gasteiger partial charge in [-0.25, -0.2) is 0 Å². The molecule has 0 radical (unpaired) electrons. The van der Waals surface area contributed by atoms with E-state index in [0.29, 0.717) is 17.2 Å². The predicted molar refractivity (Wildman–Crippen MR) is 85.2 cm³/mol. The highest BCUT2D eigenvalue weighted by molar-refractivity contribution is 5.97. The molecule has 0 saturated heterocycles. The molecule has 0 aromatic heterocycles. The Morgan fingerprint density at radius 2 is 2.04 bits per heavy atom. The van der Waals surface area contributed by atoms with Crippen molar-refractivity contribution in [1.82, 2.24) is 0 Å². The second-order valence-electron chi connectivity index (χ2n) is 5.75. The van der Waals surface area contributed by atoms with E-state index in [-0.39, 0.29) is 25.3 Å². The van der Waals surface area contributed by atoms with Gasteiger partial charge in [0.15, 0.2) is 18.1 Å². The SMILES string of the molecule is C[C@@H]1Cc2ccccc2N1C(=O)COc1ccc2c(c1)OCO2. The molecule has 0 saturated carbocycles. The number of rotatable bonds is 3. The van der Waals surface area contributed by atoms with E-state index in [1.54, 1.807) is 18.2 Å². The molecule has 5 nitrogen and oxygen atoms in total. The van der Waals surface area contributed by atoms with Crippen LogP contribution in [0, 0.1) is 0 Å². The Hall–Kier alpha value is -2.69. The third kappa shape index (κ3) is 2.48. The Kier molecular flexibility index (Phi) is 3.33. The molecule has 2 aromatic carbocycles. The van der Waals surface area contributed by atoms with Crippen LogP contribution < -0.4 is 19.1 Å². The van der Waals surface area contributed by atoms with E-state index in [1.165, 1.54) is 5.56 Å². The molecule has 2 aliphatic heterocycles. The van der Waals surface area contributed by atoms with Crippen LogP contribution in [0.25, 0.3) is 0 Å². The Labute approximate surface area is 134 Å². The maximum absolute atomic E-state index is 12.6. The zero-order valence-electron chi connectivity index (χ0n) is 12.8. The van der Waals surface area contributed by atoms with Crippen LogP contribution in [0.1, 0.15) is 12.5 Å². The monoisotopic (exact) mass is 311 g/mol. The lowest BCUT2D eigenvalue weighted by Crippen LogP contribution is -2.39. The number of hydrogen-bond acceptors (Lipinski definition) is 4. The minimum atomic E-state index is -0.0416. The van der Waals surface area contributed by atoms with Crippen molar-refractivity contribution in [3.05, 3.63) is 48.0 Å². The van der Waals surface area contributed by atoms with Gasteiger partial charge in [0.05, 0.1) is 0 Å². The average Bonchev–Trinajstić information content (AvgIpc) is 3.15. The number of fused-ring (bicyclic) bond motifs is 2. The maximum atomic E-state index is 12.6. The number of benzene rings is 2. The smallest absolute Gasteiger partial charge is 0.265 e. The van der Waals surface area contributed by atoms with Crippen LogP contribution in [-0.4, -0.2) is 25.3 Å². The highest BCUT2D eigenvalue weighted by Gasteiger charge is 2.30. The molecular formula is C18H17NO4. The highest BCUT2D eigenvalue weighted by Crippen LogP contribution is 2.35. The third-order valence-electron chi connectivity index (χ3n) is 4.18. The summed E-state index contributed by atoms with van der Waals surface area (Å²) in [5, 5.41) is 0. The van der Waals surface area contributed by atoms with Crippen molar-refractivity contribution < 1.29 is 19.0 Å². The zero-order valence-corrected chi connectivity index (χ0v) is 12.8. The Balaban J connectivity index is 1.46. The molecular weight excluding hydrogens is 294 g/mol. The molecule has 2 heterocycles. The molecule has 0 fully saturated rings. The quantitative estimate of drug-likeness (QED) is 0.874. The lowest BCUT2D eigenvalue weighted by molar-refractivity contribution is -0.120. The van der Waals surface area contributed by atoms with E-state index in [4.69, 9.17) is 14.2 Å². The van der Waals surface area contributed by atoms with Crippen LogP contribution in [0.3, 0.4) is 0 Å². The fourth-order valence-electron chi connectivity index (χ4n) is 3.13. The third-order valence-corrected chi connectivity index (χ3v) is 4.18. The molecule has 0 aliphatic carbocycles. The first-order chi connectivity index (χ1) is 11.2. The number of carbonyl (C=O) groups excluding carboxylic acids is 1. The number of amides is 1. The normalized spacial score (nSPS) is 18.0. The molecule has 1 amide bonds. The minimum Gasteiger partial charge on any atom is -0.484 e. The summed E-state index contributed by atoms with van der Waals surface area (Å²) in [6.07, 6.45) is 0.881. The van der Waals surface area contributed by atoms with Crippen LogP contribution in [0.15, 0.2) is 42.5 Å². The summed E-state index contributed by atoms with van der Waals surface area (Å²) >= 11 is 0. The van der Waals surface area contributed by atoms with Gasteiger partial charge >= 0.3 is 0 Å². The molecule has 1 atom stereocenters. The summed E-state index contributed by atoms with van der Waals surface area (Å²) in [5.74, 6) is 1.91. The largest absolute Gasteiger partial charge is 0.484 e. The van der Waals surface area contributed by atoms with Crippen molar-refractivity contribution in [2.24, 2.45) is 0 Å². The summed E-state index contributed by atoms with van der Waals surface area (Å²) in [5.41, 5.74) is 2.19. The maximum Gasteiger partial charge on any atom is 0.265 e. The molecule has 2 aromatic rings. The molecule has 118 valence electrons. The van der Waals surface area contributed by atoms with Gasteiger partial charge in [-0.3, -0.25) is 4.79 Å².